The molecule has 0 amide bonds. The molecule has 1 fully saturated rings. The quantitative estimate of drug-likeness (QED) is 0.647. The van der Waals surface area contributed by atoms with E-state index in [1.165, 1.54) is 6.07 Å². The number of ether oxygens (including phenoxy) is 2. The lowest BCUT2D eigenvalue weighted by Crippen LogP contribution is -2.51. The van der Waals surface area contributed by atoms with Gasteiger partial charge < -0.3 is 19.7 Å². The van der Waals surface area contributed by atoms with E-state index in [1.54, 1.807) is 14.0 Å². The second kappa shape index (κ2) is 8.19. The predicted molar refractivity (Wildman–Crippen MR) is 119 cm³/mol. The van der Waals surface area contributed by atoms with Gasteiger partial charge in [-0.25, -0.2) is 0 Å². The third-order valence-electron chi connectivity index (χ3n) is 7.06. The number of Topliss-reactive ketones (excluding diaryl/α,β-unsaturated/α-hetero) is 1. The first-order valence-electron chi connectivity index (χ1n) is 11.1. The smallest absolute Gasteiger partial charge is 0.170 e. The van der Waals surface area contributed by atoms with Crippen molar-refractivity contribution in [1.29, 1.82) is 0 Å². The van der Waals surface area contributed by atoms with Gasteiger partial charge in [-0.3, -0.25) is 4.79 Å². The molecule has 31 heavy (non-hydrogen) atoms. The minimum atomic E-state index is -1.01. The molecular weight excluding hydrogens is 392 g/mol. The normalized spacial score (nSPS) is 26.8. The maximum absolute atomic E-state index is 13.2. The average Bonchev–Trinajstić information content (AvgIpc) is 3.13. The van der Waals surface area contributed by atoms with Crippen LogP contribution in [0.2, 0.25) is 0 Å². The summed E-state index contributed by atoms with van der Waals surface area (Å²) >= 11 is 0. The van der Waals surface area contributed by atoms with Crippen molar-refractivity contribution in [3.63, 3.8) is 0 Å². The number of carbonyl (C=O) groups excluding carboxylic acids is 1. The van der Waals surface area contributed by atoms with E-state index in [9.17, 15) is 15.0 Å². The molecule has 2 aromatic carbocycles. The van der Waals surface area contributed by atoms with Crippen LogP contribution in [0.5, 0.6) is 17.2 Å². The molecule has 5 heteroatoms. The van der Waals surface area contributed by atoms with E-state index < -0.39 is 11.7 Å². The molecule has 166 valence electrons. The molecule has 1 heterocycles. The van der Waals surface area contributed by atoms with Gasteiger partial charge in [-0.15, -0.1) is 0 Å². The Labute approximate surface area is 184 Å². The van der Waals surface area contributed by atoms with E-state index in [-0.39, 0.29) is 35.4 Å². The number of methoxy groups -OCH3 is 1. The van der Waals surface area contributed by atoms with Gasteiger partial charge in [0.15, 0.2) is 5.78 Å². The lowest BCUT2D eigenvalue weighted by molar-refractivity contribution is -0.0919. The SMILES string of the molecule is COc1cc(O)c(C(=O)CCc2ccccc2)c2c1[C@@H]1[C@@H](C(C)C)CC[C@@](C)(O)[C@@H]1O2. The van der Waals surface area contributed by atoms with Crippen molar-refractivity contribution in [2.75, 3.05) is 7.11 Å². The summed E-state index contributed by atoms with van der Waals surface area (Å²) in [4.78, 5) is 13.2. The second-order valence-electron chi connectivity index (χ2n) is 9.49. The van der Waals surface area contributed by atoms with Crippen molar-refractivity contribution in [1.82, 2.24) is 0 Å². The number of hydrogen-bond acceptors (Lipinski definition) is 5. The van der Waals surface area contributed by atoms with Crippen LogP contribution in [0.4, 0.5) is 0 Å². The van der Waals surface area contributed by atoms with Crippen molar-refractivity contribution >= 4 is 5.78 Å². The van der Waals surface area contributed by atoms with E-state index in [1.807, 2.05) is 30.3 Å². The molecule has 0 radical (unpaired) electrons. The number of hydrogen-bond donors (Lipinski definition) is 2. The Morgan fingerprint density at radius 1 is 1.29 bits per heavy atom. The number of carbonyl (C=O) groups is 1. The first-order valence-corrected chi connectivity index (χ1v) is 11.1. The van der Waals surface area contributed by atoms with Gasteiger partial charge in [-0.2, -0.15) is 0 Å². The number of rotatable bonds is 6. The standard InChI is InChI=1S/C26H32O5/c1-15(2)17-12-13-26(3,29)25-21(17)23-20(30-4)14-19(28)22(24(23)31-25)18(27)11-10-16-8-6-5-7-9-16/h5-9,14-15,17,21,25,28-29H,10-13H2,1-4H3/t17-,21+,25-,26-/m1/s1. The fourth-order valence-electron chi connectivity index (χ4n) is 5.37. The number of phenolic OH excluding ortho intramolecular Hbond substituents is 1. The van der Waals surface area contributed by atoms with Crippen LogP contribution in [0.3, 0.4) is 0 Å². The van der Waals surface area contributed by atoms with Crippen molar-refractivity contribution in [2.24, 2.45) is 11.8 Å². The molecule has 1 aliphatic carbocycles. The van der Waals surface area contributed by atoms with Gasteiger partial charge in [0.05, 0.1) is 12.7 Å². The zero-order chi connectivity index (χ0) is 22.3. The van der Waals surface area contributed by atoms with Gasteiger partial charge >= 0.3 is 0 Å². The van der Waals surface area contributed by atoms with Crippen LogP contribution in [-0.4, -0.2) is 34.8 Å². The van der Waals surface area contributed by atoms with Gasteiger partial charge in [0.25, 0.3) is 0 Å². The van der Waals surface area contributed by atoms with Gasteiger partial charge in [-0.05, 0) is 43.6 Å². The van der Waals surface area contributed by atoms with E-state index in [0.717, 1.165) is 17.5 Å². The molecule has 0 bridgehead atoms. The Morgan fingerprint density at radius 2 is 2.00 bits per heavy atom. The molecule has 1 aliphatic heterocycles. The van der Waals surface area contributed by atoms with Gasteiger partial charge in [0.2, 0.25) is 0 Å². The Balaban J connectivity index is 1.76. The number of benzene rings is 2. The van der Waals surface area contributed by atoms with Crippen LogP contribution in [-0.2, 0) is 6.42 Å². The van der Waals surface area contributed by atoms with E-state index in [0.29, 0.717) is 30.3 Å². The highest BCUT2D eigenvalue weighted by Crippen LogP contribution is 2.58. The van der Waals surface area contributed by atoms with Crippen molar-refractivity contribution in [3.05, 3.63) is 53.1 Å². The zero-order valence-electron chi connectivity index (χ0n) is 18.7. The number of phenols is 1. The molecule has 2 aliphatic rings. The topological polar surface area (TPSA) is 76.0 Å². The molecule has 0 aromatic heterocycles. The van der Waals surface area contributed by atoms with Crippen molar-refractivity contribution in [2.45, 2.75) is 64.1 Å². The highest BCUT2D eigenvalue weighted by atomic mass is 16.5. The van der Waals surface area contributed by atoms with Crippen LogP contribution in [0.15, 0.2) is 36.4 Å². The molecule has 2 aromatic rings. The maximum atomic E-state index is 13.2. The fraction of sp³-hybridized carbons (Fsp3) is 0.500. The summed E-state index contributed by atoms with van der Waals surface area (Å²) in [5.41, 5.74) is 1.07. The predicted octanol–water partition coefficient (Wildman–Crippen LogP) is 4.88. The Morgan fingerprint density at radius 3 is 2.65 bits per heavy atom. The van der Waals surface area contributed by atoms with Gasteiger partial charge in [0.1, 0.15) is 28.9 Å². The second-order valence-corrected chi connectivity index (χ2v) is 9.49. The van der Waals surface area contributed by atoms with Crippen LogP contribution in [0, 0.1) is 11.8 Å². The number of ketones is 1. The summed E-state index contributed by atoms with van der Waals surface area (Å²) in [6, 6.07) is 11.3. The van der Waals surface area contributed by atoms with Crippen LogP contribution in [0.1, 0.15) is 67.4 Å². The highest BCUT2D eigenvalue weighted by molar-refractivity contribution is 6.02. The van der Waals surface area contributed by atoms with Crippen LogP contribution < -0.4 is 9.47 Å². The molecule has 4 rings (SSSR count). The largest absolute Gasteiger partial charge is 0.507 e. The third kappa shape index (κ3) is 3.80. The van der Waals surface area contributed by atoms with Crippen molar-refractivity contribution < 1.29 is 24.5 Å². The first-order chi connectivity index (χ1) is 14.7. The number of aliphatic hydroxyl groups is 1. The van der Waals surface area contributed by atoms with Crippen LogP contribution in [0.25, 0.3) is 0 Å². The van der Waals surface area contributed by atoms with E-state index in [4.69, 9.17) is 9.47 Å². The number of fused-ring (bicyclic) bond motifs is 3. The lowest BCUT2D eigenvalue weighted by atomic mass is 9.65. The molecule has 5 nitrogen and oxygen atoms in total. The maximum Gasteiger partial charge on any atom is 0.170 e. The highest BCUT2D eigenvalue weighted by Gasteiger charge is 2.55. The monoisotopic (exact) mass is 424 g/mol. The molecule has 0 unspecified atom stereocenters. The molecular formula is C26H32O5. The molecule has 4 atom stereocenters. The minimum Gasteiger partial charge on any atom is -0.507 e. The summed E-state index contributed by atoms with van der Waals surface area (Å²) in [5.74, 6) is 1.19. The first kappa shape index (κ1) is 21.7. The number of aryl methyl sites for hydroxylation is 1. The number of aromatic hydroxyl groups is 1. The average molecular weight is 425 g/mol. The molecule has 2 N–H and O–H groups in total. The summed E-state index contributed by atoms with van der Waals surface area (Å²) < 4.78 is 11.9. The summed E-state index contributed by atoms with van der Waals surface area (Å²) in [7, 11) is 1.56. The Kier molecular flexibility index (Phi) is 5.73. The third-order valence-corrected chi connectivity index (χ3v) is 7.06. The summed E-state index contributed by atoms with van der Waals surface area (Å²) in [6.45, 7) is 6.16. The summed E-state index contributed by atoms with van der Waals surface area (Å²) in [5, 5.41) is 21.9. The van der Waals surface area contributed by atoms with Gasteiger partial charge in [0, 0.05) is 24.0 Å². The van der Waals surface area contributed by atoms with Gasteiger partial charge in [-0.1, -0.05) is 44.2 Å². The van der Waals surface area contributed by atoms with Crippen LogP contribution >= 0.6 is 0 Å². The molecule has 1 saturated carbocycles. The lowest BCUT2D eigenvalue weighted by Gasteiger charge is -2.44. The minimum absolute atomic E-state index is 0.0880. The molecule has 0 saturated heterocycles. The van der Waals surface area contributed by atoms with Crippen molar-refractivity contribution in [3.8, 4) is 17.2 Å². The summed E-state index contributed by atoms with van der Waals surface area (Å²) in [6.07, 6.45) is 1.88. The molecule has 0 spiro atoms. The fourth-order valence-corrected chi connectivity index (χ4v) is 5.37. The van der Waals surface area contributed by atoms with E-state index in [2.05, 4.69) is 13.8 Å². The van der Waals surface area contributed by atoms with E-state index >= 15 is 0 Å². The Bertz CT molecular complexity index is 964. The zero-order valence-corrected chi connectivity index (χ0v) is 18.7. The Hall–Kier alpha value is -2.53.